The highest BCUT2D eigenvalue weighted by molar-refractivity contribution is 7.87. The molecule has 0 saturated carbocycles. The zero-order valence-electron chi connectivity index (χ0n) is 12.0. The summed E-state index contributed by atoms with van der Waals surface area (Å²) in [5.41, 5.74) is 6.25. The molecule has 0 aromatic heterocycles. The first kappa shape index (κ1) is 17.4. The van der Waals surface area contributed by atoms with E-state index in [4.69, 9.17) is 5.73 Å². The molecule has 0 heterocycles. The van der Waals surface area contributed by atoms with Crippen molar-refractivity contribution in [1.82, 2.24) is 9.03 Å². The van der Waals surface area contributed by atoms with Gasteiger partial charge in [-0.1, -0.05) is 30.3 Å². The maximum absolute atomic E-state index is 12.2. The number of ether oxygens (including phenoxy) is 1. The van der Waals surface area contributed by atoms with Crippen molar-refractivity contribution < 1.29 is 17.9 Å². The number of rotatable bonds is 8. The topological polar surface area (TPSA) is 102 Å². The molecular formula is C13H21N3O4S. The summed E-state index contributed by atoms with van der Waals surface area (Å²) in [4.78, 5) is 11.3. The number of hydrogen-bond donors (Lipinski definition) is 2. The Bertz CT molecular complexity index is 534. The normalized spacial score (nSPS) is 11.4. The standard InChI is InChI=1S/C13H21N3O4S/c1-2-20-13(17)15-21(18,19)16(10-6-9-14)11-12-7-4-3-5-8-12/h3-5,7-8H,2,6,9-11,14H2,1H3,(H,15,17). The van der Waals surface area contributed by atoms with Crippen LogP contribution in [-0.4, -0.2) is 38.5 Å². The van der Waals surface area contributed by atoms with E-state index >= 15 is 0 Å². The Balaban J connectivity index is 2.82. The summed E-state index contributed by atoms with van der Waals surface area (Å²) in [7, 11) is -3.96. The zero-order chi connectivity index (χ0) is 15.7. The van der Waals surface area contributed by atoms with E-state index in [-0.39, 0.29) is 19.7 Å². The number of amides is 1. The van der Waals surface area contributed by atoms with Crippen LogP contribution in [0, 0.1) is 0 Å². The number of carbonyl (C=O) groups excluding carboxylic acids is 1. The molecule has 0 unspecified atom stereocenters. The van der Waals surface area contributed by atoms with Crippen molar-refractivity contribution in [1.29, 1.82) is 0 Å². The second-order valence-corrected chi connectivity index (χ2v) is 5.96. The number of carbonyl (C=O) groups is 1. The van der Waals surface area contributed by atoms with Crippen LogP contribution in [0.4, 0.5) is 4.79 Å². The summed E-state index contributed by atoms with van der Waals surface area (Å²) >= 11 is 0. The fraction of sp³-hybridized carbons (Fsp3) is 0.462. The summed E-state index contributed by atoms with van der Waals surface area (Å²) in [6, 6.07) is 9.12. The molecule has 8 heteroatoms. The Labute approximate surface area is 125 Å². The molecule has 3 N–H and O–H groups in total. The highest BCUT2D eigenvalue weighted by Crippen LogP contribution is 2.09. The lowest BCUT2D eigenvalue weighted by molar-refractivity contribution is 0.158. The van der Waals surface area contributed by atoms with Gasteiger partial charge in [0.25, 0.3) is 0 Å². The van der Waals surface area contributed by atoms with Crippen LogP contribution in [-0.2, 0) is 21.5 Å². The predicted molar refractivity (Wildman–Crippen MR) is 79.6 cm³/mol. The van der Waals surface area contributed by atoms with Crippen LogP contribution in [0.3, 0.4) is 0 Å². The molecule has 0 aliphatic heterocycles. The second-order valence-electron chi connectivity index (χ2n) is 4.29. The second kappa shape index (κ2) is 8.60. The van der Waals surface area contributed by atoms with Gasteiger partial charge < -0.3 is 10.5 Å². The summed E-state index contributed by atoms with van der Waals surface area (Å²) in [5, 5.41) is 0. The van der Waals surface area contributed by atoms with Crippen molar-refractivity contribution in [3.8, 4) is 0 Å². The number of nitrogens with two attached hydrogens (primary N) is 1. The lowest BCUT2D eigenvalue weighted by atomic mass is 10.2. The van der Waals surface area contributed by atoms with Gasteiger partial charge in [-0.25, -0.2) is 9.52 Å². The van der Waals surface area contributed by atoms with Crippen molar-refractivity contribution >= 4 is 16.3 Å². The van der Waals surface area contributed by atoms with E-state index in [2.05, 4.69) is 4.74 Å². The van der Waals surface area contributed by atoms with E-state index < -0.39 is 16.3 Å². The molecular weight excluding hydrogens is 294 g/mol. The smallest absolute Gasteiger partial charge is 0.421 e. The molecule has 0 aliphatic carbocycles. The van der Waals surface area contributed by atoms with Crippen LogP contribution >= 0.6 is 0 Å². The number of benzene rings is 1. The van der Waals surface area contributed by atoms with Gasteiger partial charge in [0, 0.05) is 13.1 Å². The van der Waals surface area contributed by atoms with Crippen molar-refractivity contribution in [2.75, 3.05) is 19.7 Å². The average Bonchev–Trinajstić information content (AvgIpc) is 2.44. The van der Waals surface area contributed by atoms with Crippen molar-refractivity contribution in [3.05, 3.63) is 35.9 Å². The van der Waals surface area contributed by atoms with E-state index in [1.54, 1.807) is 6.92 Å². The van der Waals surface area contributed by atoms with Crippen LogP contribution in [0.1, 0.15) is 18.9 Å². The van der Waals surface area contributed by atoms with Crippen LogP contribution in [0.25, 0.3) is 0 Å². The average molecular weight is 315 g/mol. The Morgan fingerprint density at radius 3 is 2.57 bits per heavy atom. The first-order valence-corrected chi connectivity index (χ1v) is 8.12. The minimum Gasteiger partial charge on any atom is -0.449 e. The van der Waals surface area contributed by atoms with Gasteiger partial charge in [0.05, 0.1) is 6.61 Å². The molecule has 0 saturated heterocycles. The van der Waals surface area contributed by atoms with E-state index in [1.165, 1.54) is 4.31 Å². The van der Waals surface area contributed by atoms with E-state index in [9.17, 15) is 13.2 Å². The minimum atomic E-state index is -3.96. The number of nitrogens with zero attached hydrogens (tertiary/aromatic N) is 1. The van der Waals surface area contributed by atoms with E-state index in [1.807, 2.05) is 35.1 Å². The predicted octanol–water partition coefficient (Wildman–Crippen LogP) is 0.828. The molecule has 0 aliphatic rings. The van der Waals surface area contributed by atoms with Gasteiger partial charge in [0.15, 0.2) is 0 Å². The third kappa shape index (κ3) is 6.11. The zero-order valence-corrected chi connectivity index (χ0v) is 12.8. The molecule has 1 aromatic rings. The SMILES string of the molecule is CCOC(=O)NS(=O)(=O)N(CCCN)Cc1ccccc1. The Morgan fingerprint density at radius 1 is 1.33 bits per heavy atom. The molecule has 118 valence electrons. The minimum absolute atomic E-state index is 0.100. The summed E-state index contributed by atoms with van der Waals surface area (Å²) in [6.45, 7) is 2.45. The van der Waals surface area contributed by atoms with Gasteiger partial charge in [0.1, 0.15) is 0 Å². The molecule has 21 heavy (non-hydrogen) atoms. The van der Waals surface area contributed by atoms with Crippen molar-refractivity contribution in [2.24, 2.45) is 5.73 Å². The lowest BCUT2D eigenvalue weighted by Gasteiger charge is -2.22. The van der Waals surface area contributed by atoms with Crippen molar-refractivity contribution in [2.45, 2.75) is 19.9 Å². The molecule has 0 fully saturated rings. The molecule has 7 nitrogen and oxygen atoms in total. The quantitative estimate of drug-likeness (QED) is 0.740. The largest absolute Gasteiger partial charge is 0.449 e. The van der Waals surface area contributed by atoms with Crippen LogP contribution in [0.5, 0.6) is 0 Å². The van der Waals surface area contributed by atoms with Gasteiger partial charge in [-0.2, -0.15) is 12.7 Å². The molecule has 0 bridgehead atoms. The van der Waals surface area contributed by atoms with E-state index in [0.29, 0.717) is 13.0 Å². The summed E-state index contributed by atoms with van der Waals surface area (Å²) < 4.78 is 32.1. The fourth-order valence-electron chi connectivity index (χ4n) is 1.67. The molecule has 0 spiro atoms. The fourth-order valence-corrected chi connectivity index (χ4v) is 2.76. The molecule has 0 atom stereocenters. The molecule has 0 radical (unpaired) electrons. The van der Waals surface area contributed by atoms with Crippen LogP contribution in [0.2, 0.25) is 0 Å². The highest BCUT2D eigenvalue weighted by Gasteiger charge is 2.24. The Morgan fingerprint density at radius 2 is 2.00 bits per heavy atom. The highest BCUT2D eigenvalue weighted by atomic mass is 32.2. The maximum Gasteiger partial charge on any atom is 0.421 e. The van der Waals surface area contributed by atoms with Crippen LogP contribution < -0.4 is 10.5 Å². The Hall–Kier alpha value is -1.64. The third-order valence-corrected chi connectivity index (χ3v) is 4.06. The first-order valence-electron chi connectivity index (χ1n) is 6.68. The van der Waals surface area contributed by atoms with Gasteiger partial charge >= 0.3 is 16.3 Å². The number of nitrogens with one attached hydrogen (secondary N) is 1. The summed E-state index contributed by atoms with van der Waals surface area (Å²) in [5.74, 6) is 0. The number of hydrogen-bond acceptors (Lipinski definition) is 5. The summed E-state index contributed by atoms with van der Waals surface area (Å²) in [6.07, 6.45) is -0.486. The van der Waals surface area contributed by atoms with E-state index in [0.717, 1.165) is 5.56 Å². The third-order valence-electron chi connectivity index (χ3n) is 2.64. The maximum atomic E-state index is 12.2. The lowest BCUT2D eigenvalue weighted by Crippen LogP contribution is -2.44. The molecule has 1 rings (SSSR count). The molecule has 1 aromatic carbocycles. The van der Waals surface area contributed by atoms with Crippen molar-refractivity contribution in [3.63, 3.8) is 0 Å². The van der Waals surface area contributed by atoms with Gasteiger partial charge in [0.2, 0.25) is 0 Å². The van der Waals surface area contributed by atoms with Crippen LogP contribution in [0.15, 0.2) is 30.3 Å². The molecule has 1 amide bonds. The van der Waals surface area contributed by atoms with Gasteiger partial charge in [-0.3, -0.25) is 0 Å². The van der Waals surface area contributed by atoms with Gasteiger partial charge in [-0.15, -0.1) is 0 Å². The monoisotopic (exact) mass is 315 g/mol. The Kier molecular flexibility index (Phi) is 7.13. The first-order chi connectivity index (χ1) is 9.99. The van der Waals surface area contributed by atoms with Gasteiger partial charge in [-0.05, 0) is 25.5 Å².